The summed E-state index contributed by atoms with van der Waals surface area (Å²) in [6.07, 6.45) is 1.59. The summed E-state index contributed by atoms with van der Waals surface area (Å²) in [6, 6.07) is 7.63. The highest BCUT2D eigenvalue weighted by molar-refractivity contribution is 5.76. The van der Waals surface area contributed by atoms with E-state index < -0.39 is 0 Å². The molecule has 0 saturated carbocycles. The van der Waals surface area contributed by atoms with Gasteiger partial charge in [-0.3, -0.25) is 9.69 Å². The summed E-state index contributed by atoms with van der Waals surface area (Å²) in [5.74, 6) is 1.98. The normalized spacial score (nSPS) is 15.6. The fraction of sp³-hybridized carbons (Fsp3) is 0.588. The lowest BCUT2D eigenvalue weighted by atomic mass is 10.2. The summed E-state index contributed by atoms with van der Waals surface area (Å²) in [7, 11) is 1.65. The van der Waals surface area contributed by atoms with Crippen LogP contribution in [0.5, 0.6) is 11.5 Å². The van der Waals surface area contributed by atoms with Crippen molar-refractivity contribution in [1.82, 2.24) is 9.80 Å². The van der Waals surface area contributed by atoms with Crippen molar-refractivity contribution >= 4 is 5.91 Å². The van der Waals surface area contributed by atoms with Gasteiger partial charge in [-0.2, -0.15) is 0 Å². The van der Waals surface area contributed by atoms with Gasteiger partial charge in [0.15, 0.2) is 0 Å². The van der Waals surface area contributed by atoms with Crippen LogP contribution in [0.1, 0.15) is 19.8 Å². The van der Waals surface area contributed by atoms with Crippen molar-refractivity contribution in [2.75, 3.05) is 46.4 Å². The molecule has 0 aromatic heterocycles. The SMILES string of the molecule is CCCC(=O)N1CCN(CCOc2ccc(OC)cc2)CC1. The molecule has 1 amide bonds. The minimum absolute atomic E-state index is 0.289. The highest BCUT2D eigenvalue weighted by Gasteiger charge is 2.19. The van der Waals surface area contributed by atoms with Gasteiger partial charge in [0.2, 0.25) is 5.91 Å². The highest BCUT2D eigenvalue weighted by Crippen LogP contribution is 2.17. The van der Waals surface area contributed by atoms with Gasteiger partial charge >= 0.3 is 0 Å². The van der Waals surface area contributed by atoms with E-state index in [0.717, 1.165) is 50.6 Å². The lowest BCUT2D eigenvalue weighted by molar-refractivity contribution is -0.133. The Kier molecular flexibility index (Phi) is 6.52. The van der Waals surface area contributed by atoms with Crippen molar-refractivity contribution in [3.63, 3.8) is 0 Å². The molecule has 1 aliphatic heterocycles. The van der Waals surface area contributed by atoms with Crippen molar-refractivity contribution in [3.8, 4) is 11.5 Å². The minimum Gasteiger partial charge on any atom is -0.497 e. The predicted octanol–water partition coefficient (Wildman–Crippen LogP) is 2.02. The molecule has 0 spiro atoms. The number of piperazine rings is 1. The Morgan fingerprint density at radius 2 is 1.73 bits per heavy atom. The number of amides is 1. The van der Waals surface area contributed by atoms with E-state index in [1.807, 2.05) is 36.1 Å². The van der Waals surface area contributed by atoms with Crippen LogP contribution in [-0.4, -0.2) is 62.1 Å². The van der Waals surface area contributed by atoms with Gasteiger partial charge < -0.3 is 14.4 Å². The monoisotopic (exact) mass is 306 g/mol. The van der Waals surface area contributed by atoms with E-state index in [4.69, 9.17) is 9.47 Å². The summed E-state index contributed by atoms with van der Waals surface area (Å²) in [4.78, 5) is 16.2. The number of rotatable bonds is 7. The minimum atomic E-state index is 0.289. The topological polar surface area (TPSA) is 42.0 Å². The summed E-state index contributed by atoms with van der Waals surface area (Å²) < 4.78 is 10.9. The Hall–Kier alpha value is -1.75. The summed E-state index contributed by atoms with van der Waals surface area (Å²) in [6.45, 7) is 7.13. The van der Waals surface area contributed by atoms with Crippen molar-refractivity contribution in [2.24, 2.45) is 0 Å². The molecule has 1 saturated heterocycles. The number of hydrogen-bond donors (Lipinski definition) is 0. The Labute approximate surface area is 132 Å². The Morgan fingerprint density at radius 1 is 1.09 bits per heavy atom. The van der Waals surface area contributed by atoms with E-state index >= 15 is 0 Å². The number of nitrogens with zero attached hydrogens (tertiary/aromatic N) is 2. The fourth-order valence-corrected chi connectivity index (χ4v) is 2.56. The maximum atomic E-state index is 11.8. The van der Waals surface area contributed by atoms with Gasteiger partial charge in [-0.1, -0.05) is 6.92 Å². The number of hydrogen-bond acceptors (Lipinski definition) is 4. The molecule has 0 N–H and O–H groups in total. The molecule has 1 aromatic carbocycles. The number of ether oxygens (including phenoxy) is 2. The van der Waals surface area contributed by atoms with Crippen LogP contribution >= 0.6 is 0 Å². The van der Waals surface area contributed by atoms with Gasteiger partial charge in [0, 0.05) is 39.1 Å². The number of carbonyl (C=O) groups is 1. The third-order valence-electron chi connectivity index (χ3n) is 3.92. The third-order valence-corrected chi connectivity index (χ3v) is 3.92. The zero-order chi connectivity index (χ0) is 15.8. The van der Waals surface area contributed by atoms with Gasteiger partial charge in [0.25, 0.3) is 0 Å². The first-order valence-corrected chi connectivity index (χ1v) is 8.00. The number of methoxy groups -OCH3 is 1. The lowest BCUT2D eigenvalue weighted by Crippen LogP contribution is -2.49. The van der Waals surface area contributed by atoms with Crippen LogP contribution < -0.4 is 9.47 Å². The molecule has 2 rings (SSSR count). The molecule has 1 fully saturated rings. The molecular weight excluding hydrogens is 280 g/mol. The van der Waals surface area contributed by atoms with Crippen LogP contribution in [0.25, 0.3) is 0 Å². The molecule has 1 aromatic rings. The van der Waals surface area contributed by atoms with Crippen molar-refractivity contribution in [2.45, 2.75) is 19.8 Å². The van der Waals surface area contributed by atoms with E-state index in [2.05, 4.69) is 4.90 Å². The number of benzene rings is 1. The quantitative estimate of drug-likeness (QED) is 0.773. The predicted molar refractivity (Wildman–Crippen MR) is 86.4 cm³/mol. The van der Waals surface area contributed by atoms with Gasteiger partial charge in [-0.25, -0.2) is 0 Å². The molecule has 5 nitrogen and oxygen atoms in total. The zero-order valence-electron chi connectivity index (χ0n) is 13.6. The van der Waals surface area contributed by atoms with E-state index in [0.29, 0.717) is 13.0 Å². The van der Waals surface area contributed by atoms with Gasteiger partial charge in [0.1, 0.15) is 18.1 Å². The van der Waals surface area contributed by atoms with Crippen LogP contribution in [0, 0.1) is 0 Å². The molecule has 0 aliphatic carbocycles. The first-order chi connectivity index (χ1) is 10.7. The fourth-order valence-electron chi connectivity index (χ4n) is 2.56. The van der Waals surface area contributed by atoms with E-state index in [9.17, 15) is 4.79 Å². The molecule has 1 aliphatic rings. The number of carbonyl (C=O) groups excluding carboxylic acids is 1. The summed E-state index contributed by atoms with van der Waals surface area (Å²) in [5, 5.41) is 0. The highest BCUT2D eigenvalue weighted by atomic mass is 16.5. The second-order valence-electron chi connectivity index (χ2n) is 5.50. The Morgan fingerprint density at radius 3 is 2.32 bits per heavy atom. The van der Waals surface area contributed by atoms with E-state index in [1.165, 1.54) is 0 Å². The molecule has 0 unspecified atom stereocenters. The Balaban J connectivity index is 1.65. The van der Waals surface area contributed by atoms with E-state index in [-0.39, 0.29) is 5.91 Å². The van der Waals surface area contributed by atoms with Crippen LogP contribution in [0.4, 0.5) is 0 Å². The van der Waals surface area contributed by atoms with Crippen molar-refractivity contribution in [3.05, 3.63) is 24.3 Å². The van der Waals surface area contributed by atoms with Crippen LogP contribution in [0.15, 0.2) is 24.3 Å². The smallest absolute Gasteiger partial charge is 0.222 e. The summed E-state index contributed by atoms with van der Waals surface area (Å²) >= 11 is 0. The molecule has 0 atom stereocenters. The van der Waals surface area contributed by atoms with E-state index in [1.54, 1.807) is 7.11 Å². The van der Waals surface area contributed by atoms with Crippen molar-refractivity contribution in [1.29, 1.82) is 0 Å². The molecule has 0 radical (unpaired) electrons. The molecule has 1 heterocycles. The Bertz CT molecular complexity index is 453. The maximum absolute atomic E-state index is 11.8. The second kappa shape index (κ2) is 8.63. The lowest BCUT2D eigenvalue weighted by Gasteiger charge is -2.34. The molecule has 5 heteroatoms. The average Bonchev–Trinajstić information content (AvgIpc) is 2.56. The largest absolute Gasteiger partial charge is 0.497 e. The molecule has 122 valence electrons. The van der Waals surface area contributed by atoms with Crippen LogP contribution in [0.3, 0.4) is 0 Å². The van der Waals surface area contributed by atoms with Gasteiger partial charge in [-0.05, 0) is 30.7 Å². The van der Waals surface area contributed by atoms with Gasteiger partial charge in [0.05, 0.1) is 7.11 Å². The van der Waals surface area contributed by atoms with Crippen LogP contribution in [-0.2, 0) is 4.79 Å². The average molecular weight is 306 g/mol. The van der Waals surface area contributed by atoms with Crippen LogP contribution in [0.2, 0.25) is 0 Å². The maximum Gasteiger partial charge on any atom is 0.222 e. The molecule has 22 heavy (non-hydrogen) atoms. The molecular formula is C17H26N2O3. The van der Waals surface area contributed by atoms with Gasteiger partial charge in [-0.15, -0.1) is 0 Å². The molecule has 0 bridgehead atoms. The first kappa shape index (κ1) is 16.6. The first-order valence-electron chi connectivity index (χ1n) is 8.00. The second-order valence-corrected chi connectivity index (χ2v) is 5.50. The zero-order valence-corrected chi connectivity index (χ0v) is 13.6. The van der Waals surface area contributed by atoms with Crippen molar-refractivity contribution < 1.29 is 14.3 Å². The third kappa shape index (κ3) is 4.91. The summed E-state index contributed by atoms with van der Waals surface area (Å²) in [5.41, 5.74) is 0. The standard InChI is InChI=1S/C17H26N2O3/c1-3-4-17(20)19-11-9-18(10-12-19)13-14-22-16-7-5-15(21-2)6-8-16/h5-8H,3-4,9-14H2,1-2H3.